The quantitative estimate of drug-likeness (QED) is 0.782. The van der Waals surface area contributed by atoms with Crippen LogP contribution in [-0.4, -0.2) is 48.8 Å². The van der Waals surface area contributed by atoms with Crippen molar-refractivity contribution in [3.05, 3.63) is 0 Å². The SMILES string of the molecule is CCCN1C[C@@H](CC(=O)CC)C[C@@H]2CC3(CC[C@H]21)OCCO3. The molecule has 0 aromatic rings. The first-order chi connectivity index (χ1) is 10.7. The number of fused-ring (bicyclic) bond motifs is 1. The van der Waals surface area contributed by atoms with Gasteiger partial charge in [-0.3, -0.25) is 9.69 Å². The van der Waals surface area contributed by atoms with E-state index in [1.807, 2.05) is 6.92 Å². The van der Waals surface area contributed by atoms with E-state index in [0.717, 1.165) is 45.6 Å². The van der Waals surface area contributed by atoms with Crippen LogP contribution >= 0.6 is 0 Å². The average molecular weight is 309 g/mol. The molecule has 4 heteroatoms. The van der Waals surface area contributed by atoms with Gasteiger partial charge in [-0.25, -0.2) is 0 Å². The van der Waals surface area contributed by atoms with E-state index >= 15 is 0 Å². The van der Waals surface area contributed by atoms with Gasteiger partial charge in [-0.15, -0.1) is 0 Å². The van der Waals surface area contributed by atoms with Crippen molar-refractivity contribution >= 4 is 5.78 Å². The van der Waals surface area contributed by atoms with Gasteiger partial charge in [0, 0.05) is 38.3 Å². The number of hydrogen-bond acceptors (Lipinski definition) is 4. The Morgan fingerprint density at radius 1 is 1.27 bits per heavy atom. The number of rotatable bonds is 5. The second kappa shape index (κ2) is 6.98. The number of carbonyl (C=O) groups excluding carboxylic acids is 1. The summed E-state index contributed by atoms with van der Waals surface area (Å²) in [6.07, 6.45) is 7.03. The second-order valence-electron chi connectivity index (χ2n) is 7.37. The smallest absolute Gasteiger partial charge is 0.168 e. The van der Waals surface area contributed by atoms with Crippen LogP contribution in [0.15, 0.2) is 0 Å². The summed E-state index contributed by atoms with van der Waals surface area (Å²) < 4.78 is 11.9. The van der Waals surface area contributed by atoms with Crippen LogP contribution in [0.1, 0.15) is 58.8 Å². The van der Waals surface area contributed by atoms with E-state index in [1.54, 1.807) is 0 Å². The Labute approximate surface area is 134 Å². The molecule has 126 valence electrons. The minimum atomic E-state index is -0.296. The number of nitrogens with zero attached hydrogens (tertiary/aromatic N) is 1. The third-order valence-corrected chi connectivity index (χ3v) is 5.77. The number of piperidine rings is 1. The lowest BCUT2D eigenvalue weighted by Crippen LogP contribution is -2.55. The van der Waals surface area contributed by atoms with Gasteiger partial charge in [0.15, 0.2) is 5.79 Å². The molecule has 22 heavy (non-hydrogen) atoms. The average Bonchev–Trinajstić information content (AvgIpc) is 2.95. The predicted molar refractivity (Wildman–Crippen MR) is 85.7 cm³/mol. The number of carbonyl (C=O) groups is 1. The van der Waals surface area contributed by atoms with Crippen molar-refractivity contribution in [2.24, 2.45) is 11.8 Å². The van der Waals surface area contributed by atoms with Crippen LogP contribution in [0.4, 0.5) is 0 Å². The molecule has 0 bridgehead atoms. The molecule has 3 aliphatic rings. The molecule has 2 aliphatic heterocycles. The number of Topliss-reactive ketones (excluding diaryl/α,β-unsaturated/α-hetero) is 1. The molecule has 2 heterocycles. The molecule has 0 amide bonds. The summed E-state index contributed by atoms with van der Waals surface area (Å²) >= 11 is 0. The Morgan fingerprint density at radius 3 is 2.73 bits per heavy atom. The molecule has 0 aromatic carbocycles. The summed E-state index contributed by atoms with van der Waals surface area (Å²) in [5, 5.41) is 0. The third-order valence-electron chi connectivity index (χ3n) is 5.77. The Bertz CT molecular complexity index is 392. The van der Waals surface area contributed by atoms with Crippen LogP contribution in [0.5, 0.6) is 0 Å². The zero-order valence-electron chi connectivity index (χ0n) is 14.2. The highest BCUT2D eigenvalue weighted by atomic mass is 16.7. The Balaban J connectivity index is 1.69. The monoisotopic (exact) mass is 309 g/mol. The van der Waals surface area contributed by atoms with Crippen LogP contribution < -0.4 is 0 Å². The van der Waals surface area contributed by atoms with Crippen LogP contribution in [-0.2, 0) is 14.3 Å². The Kier molecular flexibility index (Phi) is 5.20. The molecular weight excluding hydrogens is 278 g/mol. The summed E-state index contributed by atoms with van der Waals surface area (Å²) in [6.45, 7) is 7.99. The zero-order valence-corrected chi connectivity index (χ0v) is 14.2. The van der Waals surface area contributed by atoms with Crippen molar-refractivity contribution in [1.29, 1.82) is 0 Å². The summed E-state index contributed by atoms with van der Waals surface area (Å²) in [5.74, 6) is 1.27. The maximum atomic E-state index is 11.9. The summed E-state index contributed by atoms with van der Waals surface area (Å²) in [4.78, 5) is 14.5. The number of ether oxygens (including phenoxy) is 2. The fourth-order valence-electron chi connectivity index (χ4n) is 4.85. The van der Waals surface area contributed by atoms with Crippen LogP contribution in [0.3, 0.4) is 0 Å². The maximum absolute atomic E-state index is 11.9. The van der Waals surface area contributed by atoms with Crippen LogP contribution in [0, 0.1) is 11.8 Å². The largest absolute Gasteiger partial charge is 0.348 e. The molecule has 0 N–H and O–H groups in total. The van der Waals surface area contributed by atoms with Crippen molar-refractivity contribution in [1.82, 2.24) is 4.90 Å². The molecule has 1 saturated carbocycles. The standard InChI is InChI=1S/C18H31NO3/c1-3-7-19-13-14(11-16(20)4-2)10-15-12-18(6-5-17(15)19)21-8-9-22-18/h14-15,17H,3-13H2,1-2H3/t14-,15-,17-/m1/s1. The normalized spacial score (nSPS) is 34.7. The lowest BCUT2D eigenvalue weighted by molar-refractivity contribution is -0.203. The Morgan fingerprint density at radius 2 is 2.05 bits per heavy atom. The van der Waals surface area contributed by atoms with Crippen molar-refractivity contribution in [2.75, 3.05) is 26.3 Å². The number of hydrogen-bond donors (Lipinski definition) is 0. The highest BCUT2D eigenvalue weighted by Gasteiger charge is 2.48. The van der Waals surface area contributed by atoms with E-state index in [0.29, 0.717) is 30.1 Å². The molecule has 2 saturated heterocycles. The minimum absolute atomic E-state index is 0.296. The van der Waals surface area contributed by atoms with E-state index in [1.165, 1.54) is 19.3 Å². The van der Waals surface area contributed by atoms with Gasteiger partial charge in [-0.05, 0) is 37.6 Å². The van der Waals surface area contributed by atoms with Crippen molar-refractivity contribution in [2.45, 2.75) is 70.6 Å². The van der Waals surface area contributed by atoms with Crippen LogP contribution in [0.25, 0.3) is 0 Å². The molecule has 0 radical (unpaired) electrons. The minimum Gasteiger partial charge on any atom is -0.348 e. The van der Waals surface area contributed by atoms with Gasteiger partial charge >= 0.3 is 0 Å². The zero-order chi connectivity index (χ0) is 15.6. The first-order valence-corrected chi connectivity index (χ1v) is 9.19. The molecule has 3 fully saturated rings. The molecule has 3 atom stereocenters. The first kappa shape index (κ1) is 16.4. The van der Waals surface area contributed by atoms with E-state index < -0.39 is 0 Å². The topological polar surface area (TPSA) is 38.8 Å². The molecule has 4 nitrogen and oxygen atoms in total. The lowest BCUT2D eigenvalue weighted by atomic mass is 9.71. The lowest BCUT2D eigenvalue weighted by Gasteiger charge is -2.50. The highest BCUT2D eigenvalue weighted by Crippen LogP contribution is 2.45. The molecule has 3 rings (SSSR count). The molecule has 1 spiro atoms. The molecular formula is C18H31NO3. The van der Waals surface area contributed by atoms with Gasteiger partial charge in [-0.1, -0.05) is 13.8 Å². The van der Waals surface area contributed by atoms with E-state index in [4.69, 9.17) is 9.47 Å². The van der Waals surface area contributed by atoms with Crippen molar-refractivity contribution in [3.63, 3.8) is 0 Å². The molecule has 1 aliphatic carbocycles. The van der Waals surface area contributed by atoms with E-state index in [9.17, 15) is 4.79 Å². The summed E-state index contributed by atoms with van der Waals surface area (Å²) in [7, 11) is 0. The predicted octanol–water partition coefficient (Wildman–Crippen LogP) is 3.00. The van der Waals surface area contributed by atoms with Crippen LogP contribution in [0.2, 0.25) is 0 Å². The first-order valence-electron chi connectivity index (χ1n) is 9.19. The fraction of sp³-hybridized carbons (Fsp3) is 0.944. The van der Waals surface area contributed by atoms with Gasteiger partial charge in [0.25, 0.3) is 0 Å². The van der Waals surface area contributed by atoms with E-state index in [2.05, 4.69) is 11.8 Å². The second-order valence-corrected chi connectivity index (χ2v) is 7.37. The van der Waals surface area contributed by atoms with E-state index in [-0.39, 0.29) is 5.79 Å². The third kappa shape index (κ3) is 3.39. The summed E-state index contributed by atoms with van der Waals surface area (Å²) in [5.41, 5.74) is 0. The van der Waals surface area contributed by atoms with Gasteiger partial charge in [0.2, 0.25) is 0 Å². The maximum Gasteiger partial charge on any atom is 0.168 e. The van der Waals surface area contributed by atoms with Gasteiger partial charge < -0.3 is 9.47 Å². The van der Waals surface area contributed by atoms with Gasteiger partial charge in [0.1, 0.15) is 5.78 Å². The molecule has 0 aromatic heterocycles. The highest BCUT2D eigenvalue weighted by molar-refractivity contribution is 5.78. The van der Waals surface area contributed by atoms with Gasteiger partial charge in [-0.2, -0.15) is 0 Å². The van der Waals surface area contributed by atoms with Crippen molar-refractivity contribution in [3.8, 4) is 0 Å². The number of likely N-dealkylation sites (tertiary alicyclic amines) is 1. The summed E-state index contributed by atoms with van der Waals surface area (Å²) in [6, 6.07) is 0.673. The van der Waals surface area contributed by atoms with Gasteiger partial charge in [0.05, 0.1) is 13.2 Å². The van der Waals surface area contributed by atoms with Crippen molar-refractivity contribution < 1.29 is 14.3 Å². The molecule has 0 unspecified atom stereocenters. The Hall–Kier alpha value is -0.450. The number of ketones is 1. The fourth-order valence-corrected chi connectivity index (χ4v) is 4.85.